The Morgan fingerprint density at radius 2 is 1.61 bits per heavy atom. The quantitative estimate of drug-likeness (QED) is 0.206. The highest BCUT2D eigenvalue weighted by Gasteiger charge is 2.33. The maximum Gasteiger partial charge on any atom is 0.258 e. The number of aryl methyl sites for hydroxylation is 1. The molecule has 4 aromatic rings. The molecule has 0 saturated heterocycles. The van der Waals surface area contributed by atoms with E-state index < -0.39 is 6.04 Å². The standard InChI is InChI=1S/C38H41N3O3/c1-27-13-8-9-16-30(27)26-41(34(25-28-14-4-2-5-15-28)37(43)39-31-19-6-3-7-20-31)35(42)23-12-24-40-33-22-11-18-29-17-10-21-32(36(29)33)38(40)44/h2,4-5,8-11,13-18,21-22,31,34H,3,6-7,12,19-20,23-26H2,1H3,(H,39,43)/t34-/m0/s1. The van der Waals surface area contributed by atoms with Gasteiger partial charge in [-0.15, -0.1) is 0 Å². The van der Waals surface area contributed by atoms with Crippen molar-refractivity contribution in [3.05, 3.63) is 113 Å². The number of hydrogen-bond acceptors (Lipinski definition) is 3. The molecule has 4 aromatic carbocycles. The molecule has 0 spiro atoms. The molecule has 0 bridgehead atoms. The Labute approximate surface area is 260 Å². The zero-order valence-electron chi connectivity index (χ0n) is 25.5. The van der Waals surface area contributed by atoms with Gasteiger partial charge < -0.3 is 15.1 Å². The van der Waals surface area contributed by atoms with Crippen molar-refractivity contribution in [2.75, 3.05) is 11.4 Å². The lowest BCUT2D eigenvalue weighted by Crippen LogP contribution is -2.53. The molecule has 0 radical (unpaired) electrons. The monoisotopic (exact) mass is 587 g/mol. The van der Waals surface area contributed by atoms with E-state index in [2.05, 4.69) is 5.32 Å². The summed E-state index contributed by atoms with van der Waals surface area (Å²) in [6.07, 6.45) is 6.59. The fourth-order valence-corrected chi connectivity index (χ4v) is 6.80. The minimum atomic E-state index is -0.641. The molecule has 1 aliphatic heterocycles. The van der Waals surface area contributed by atoms with Gasteiger partial charge in [0.2, 0.25) is 11.8 Å². The predicted molar refractivity (Wildman–Crippen MR) is 176 cm³/mol. The Kier molecular flexibility index (Phi) is 9.06. The van der Waals surface area contributed by atoms with E-state index in [0.717, 1.165) is 58.8 Å². The SMILES string of the molecule is Cc1ccccc1CN(C(=O)CCCN1C(=O)c2cccc3cccc1c23)[C@@H](Cc1ccccc1)C(=O)NC1CCCCC1. The number of carbonyl (C=O) groups is 3. The fourth-order valence-electron chi connectivity index (χ4n) is 6.80. The lowest BCUT2D eigenvalue weighted by atomic mass is 9.94. The summed E-state index contributed by atoms with van der Waals surface area (Å²) in [5.41, 5.74) is 4.76. The van der Waals surface area contributed by atoms with Crippen LogP contribution in [-0.2, 0) is 22.6 Å². The summed E-state index contributed by atoms with van der Waals surface area (Å²) in [6.45, 7) is 2.84. The minimum absolute atomic E-state index is 0.0187. The first-order chi connectivity index (χ1) is 21.5. The average molecular weight is 588 g/mol. The molecular weight excluding hydrogens is 546 g/mol. The van der Waals surface area contributed by atoms with Gasteiger partial charge in [0, 0.05) is 42.9 Å². The van der Waals surface area contributed by atoms with Gasteiger partial charge in [0.1, 0.15) is 6.04 Å². The number of hydrogen-bond donors (Lipinski definition) is 1. The lowest BCUT2D eigenvalue weighted by Gasteiger charge is -2.34. The van der Waals surface area contributed by atoms with Crippen molar-refractivity contribution in [2.24, 2.45) is 0 Å². The fraction of sp³-hybridized carbons (Fsp3) is 0.342. The van der Waals surface area contributed by atoms with Gasteiger partial charge in [-0.3, -0.25) is 14.4 Å². The summed E-state index contributed by atoms with van der Waals surface area (Å²) in [5.74, 6) is -0.176. The second-order valence-electron chi connectivity index (χ2n) is 12.2. The first-order valence-corrected chi connectivity index (χ1v) is 16.0. The highest BCUT2D eigenvalue weighted by Crippen LogP contribution is 2.37. The van der Waals surface area contributed by atoms with Crippen molar-refractivity contribution in [2.45, 2.75) is 76.9 Å². The normalized spacial score (nSPS) is 15.4. The van der Waals surface area contributed by atoms with Crippen LogP contribution in [-0.4, -0.2) is 41.2 Å². The first-order valence-electron chi connectivity index (χ1n) is 16.0. The number of carbonyl (C=O) groups excluding carboxylic acids is 3. The second-order valence-corrected chi connectivity index (χ2v) is 12.2. The molecular formula is C38H41N3O3. The first kappa shape index (κ1) is 29.6. The van der Waals surface area contributed by atoms with Gasteiger partial charge in [0.25, 0.3) is 5.91 Å². The van der Waals surface area contributed by atoms with Gasteiger partial charge in [-0.05, 0) is 60.4 Å². The van der Waals surface area contributed by atoms with Gasteiger partial charge in [-0.25, -0.2) is 0 Å². The third-order valence-electron chi connectivity index (χ3n) is 9.25. The van der Waals surface area contributed by atoms with Gasteiger partial charge in [0.15, 0.2) is 0 Å². The molecule has 6 rings (SSSR count). The summed E-state index contributed by atoms with van der Waals surface area (Å²) in [5, 5.41) is 5.34. The molecule has 0 aromatic heterocycles. The Balaban J connectivity index is 1.24. The Bertz CT molecular complexity index is 1640. The van der Waals surface area contributed by atoms with Crippen molar-refractivity contribution in [1.29, 1.82) is 0 Å². The van der Waals surface area contributed by atoms with Crippen LogP contribution in [0.1, 0.15) is 72.0 Å². The van der Waals surface area contributed by atoms with Gasteiger partial charge in [-0.2, -0.15) is 0 Å². The highest BCUT2D eigenvalue weighted by atomic mass is 16.2. The van der Waals surface area contributed by atoms with E-state index in [-0.39, 0.29) is 30.2 Å². The molecule has 2 aliphatic rings. The van der Waals surface area contributed by atoms with Gasteiger partial charge in [-0.1, -0.05) is 98.1 Å². The van der Waals surface area contributed by atoms with E-state index in [1.807, 2.05) is 97.9 Å². The Hall–Kier alpha value is -4.45. The number of amides is 3. The zero-order valence-corrected chi connectivity index (χ0v) is 25.5. The number of anilines is 1. The van der Waals surface area contributed by atoms with Crippen LogP contribution in [0.15, 0.2) is 91.0 Å². The highest BCUT2D eigenvalue weighted by molar-refractivity contribution is 6.25. The predicted octanol–water partition coefficient (Wildman–Crippen LogP) is 6.98. The molecule has 1 saturated carbocycles. The van der Waals surface area contributed by atoms with E-state index >= 15 is 0 Å². The molecule has 44 heavy (non-hydrogen) atoms. The van der Waals surface area contributed by atoms with E-state index in [1.54, 1.807) is 9.80 Å². The average Bonchev–Trinajstić information content (AvgIpc) is 3.32. The summed E-state index contributed by atoms with van der Waals surface area (Å²) in [6, 6.07) is 29.3. The molecule has 1 heterocycles. The van der Waals surface area contributed by atoms with E-state index in [9.17, 15) is 14.4 Å². The smallest absolute Gasteiger partial charge is 0.258 e. The summed E-state index contributed by atoms with van der Waals surface area (Å²) < 4.78 is 0. The van der Waals surface area contributed by atoms with Crippen molar-refractivity contribution >= 4 is 34.2 Å². The molecule has 1 fully saturated rings. The van der Waals surface area contributed by atoms with E-state index in [1.165, 1.54) is 6.42 Å². The Morgan fingerprint density at radius 3 is 2.39 bits per heavy atom. The van der Waals surface area contributed by atoms with Crippen LogP contribution in [0.3, 0.4) is 0 Å². The number of rotatable bonds is 11. The van der Waals surface area contributed by atoms with Crippen LogP contribution in [0.4, 0.5) is 5.69 Å². The molecule has 6 heteroatoms. The van der Waals surface area contributed by atoms with Crippen molar-refractivity contribution < 1.29 is 14.4 Å². The van der Waals surface area contributed by atoms with Crippen molar-refractivity contribution in [3.8, 4) is 0 Å². The van der Waals surface area contributed by atoms with Gasteiger partial charge in [0.05, 0.1) is 5.69 Å². The van der Waals surface area contributed by atoms with Crippen molar-refractivity contribution in [1.82, 2.24) is 10.2 Å². The maximum atomic E-state index is 14.2. The van der Waals surface area contributed by atoms with Crippen LogP contribution in [0.25, 0.3) is 10.8 Å². The largest absolute Gasteiger partial charge is 0.352 e. The zero-order chi connectivity index (χ0) is 30.5. The molecule has 1 N–H and O–H groups in total. The molecule has 6 nitrogen and oxygen atoms in total. The van der Waals surface area contributed by atoms with Crippen LogP contribution in [0.2, 0.25) is 0 Å². The van der Waals surface area contributed by atoms with E-state index in [4.69, 9.17) is 0 Å². The third-order valence-corrected chi connectivity index (χ3v) is 9.25. The topological polar surface area (TPSA) is 69.7 Å². The molecule has 226 valence electrons. The minimum Gasteiger partial charge on any atom is -0.352 e. The molecule has 3 amide bonds. The van der Waals surface area contributed by atoms with Crippen LogP contribution >= 0.6 is 0 Å². The van der Waals surface area contributed by atoms with E-state index in [0.29, 0.717) is 31.5 Å². The maximum absolute atomic E-state index is 14.2. The number of benzene rings is 4. The summed E-state index contributed by atoms with van der Waals surface area (Å²) >= 11 is 0. The molecule has 1 aliphatic carbocycles. The van der Waals surface area contributed by atoms with Crippen LogP contribution in [0, 0.1) is 6.92 Å². The van der Waals surface area contributed by atoms with Gasteiger partial charge >= 0.3 is 0 Å². The van der Waals surface area contributed by atoms with Crippen molar-refractivity contribution in [3.63, 3.8) is 0 Å². The second kappa shape index (κ2) is 13.5. The van der Waals surface area contributed by atoms with Crippen LogP contribution < -0.4 is 10.2 Å². The summed E-state index contributed by atoms with van der Waals surface area (Å²) in [7, 11) is 0. The molecule has 1 atom stereocenters. The third kappa shape index (κ3) is 6.40. The molecule has 0 unspecified atom stereocenters. The lowest BCUT2D eigenvalue weighted by molar-refractivity contribution is -0.141. The number of nitrogens with zero attached hydrogens (tertiary/aromatic N) is 2. The summed E-state index contributed by atoms with van der Waals surface area (Å²) in [4.78, 5) is 45.2. The Morgan fingerprint density at radius 1 is 0.886 bits per heavy atom. The van der Waals surface area contributed by atoms with Crippen LogP contribution in [0.5, 0.6) is 0 Å². The number of nitrogens with one attached hydrogen (secondary N) is 1.